The average molecular weight is 473 g/mol. The summed E-state index contributed by atoms with van der Waals surface area (Å²) in [6.45, 7) is 4.69. The summed E-state index contributed by atoms with van der Waals surface area (Å²) >= 11 is 0. The lowest BCUT2D eigenvalue weighted by Gasteiger charge is -2.19. The van der Waals surface area contributed by atoms with Crippen LogP contribution in [-0.2, 0) is 10.3 Å². The lowest BCUT2D eigenvalue weighted by Crippen LogP contribution is -2.28. The zero-order valence-corrected chi connectivity index (χ0v) is 19.4. The van der Waals surface area contributed by atoms with Gasteiger partial charge in [-0.25, -0.2) is 14.2 Å². The Labute approximate surface area is 201 Å². The molecular formula is C27H25FN4O3. The number of nitrogens with one attached hydrogen (secondary N) is 1. The Kier molecular flexibility index (Phi) is 5.53. The molecule has 0 bridgehead atoms. The van der Waals surface area contributed by atoms with Crippen LogP contribution in [-0.4, -0.2) is 35.0 Å². The lowest BCUT2D eigenvalue weighted by atomic mass is 9.95. The third-order valence-corrected chi connectivity index (χ3v) is 6.04. The van der Waals surface area contributed by atoms with Crippen molar-refractivity contribution in [3.05, 3.63) is 89.2 Å². The number of amides is 1. The molecule has 0 saturated carbocycles. The Morgan fingerprint density at radius 1 is 1.11 bits per heavy atom. The second-order valence-electron chi connectivity index (χ2n) is 9.08. The van der Waals surface area contributed by atoms with Gasteiger partial charge < -0.3 is 20.6 Å². The number of cyclic esters (lactones) is 1. The predicted octanol–water partition coefficient (Wildman–Crippen LogP) is 5.33. The highest BCUT2D eigenvalue weighted by atomic mass is 19.1. The standard InChI is InChI=1S/C27H25FN4O3/c1-27(2,29)17-5-8-19(9-6-17)30-24(23-21-12-7-18(28)15-22(21)31-25(23)33)16-3-10-20(11-4-16)32-13-14-35-26(32)34/h3-12,15,31,33H,13-14,29H2,1-2H3. The largest absolute Gasteiger partial charge is 0.494 e. The van der Waals surface area contributed by atoms with E-state index in [4.69, 9.17) is 15.5 Å². The van der Waals surface area contributed by atoms with Crippen LogP contribution in [0.4, 0.5) is 20.6 Å². The zero-order valence-electron chi connectivity index (χ0n) is 19.4. The Hall–Kier alpha value is -4.17. The second kappa shape index (κ2) is 8.56. The van der Waals surface area contributed by atoms with Crippen molar-refractivity contribution in [3.63, 3.8) is 0 Å². The van der Waals surface area contributed by atoms with Gasteiger partial charge in [-0.15, -0.1) is 0 Å². The first-order chi connectivity index (χ1) is 16.7. The summed E-state index contributed by atoms with van der Waals surface area (Å²) in [5.41, 5.74) is 10.2. The first-order valence-corrected chi connectivity index (χ1v) is 11.2. The summed E-state index contributed by atoms with van der Waals surface area (Å²) in [7, 11) is 0. The normalized spacial score (nSPS) is 14.6. The van der Waals surface area contributed by atoms with Crippen LogP contribution in [0.5, 0.6) is 5.88 Å². The molecule has 178 valence electrons. The average Bonchev–Trinajstić information content (AvgIpc) is 3.39. The summed E-state index contributed by atoms with van der Waals surface area (Å²) in [5, 5.41) is 11.4. The number of carbonyl (C=O) groups excluding carboxylic acids is 1. The number of carbonyl (C=O) groups is 1. The van der Waals surface area contributed by atoms with Gasteiger partial charge in [-0.3, -0.25) is 4.90 Å². The second-order valence-corrected chi connectivity index (χ2v) is 9.08. The molecule has 1 aromatic heterocycles. The van der Waals surface area contributed by atoms with Gasteiger partial charge in [0.15, 0.2) is 5.88 Å². The van der Waals surface area contributed by atoms with Gasteiger partial charge in [0.2, 0.25) is 0 Å². The van der Waals surface area contributed by atoms with Crippen LogP contribution >= 0.6 is 0 Å². The van der Waals surface area contributed by atoms with Crippen LogP contribution in [0.25, 0.3) is 10.9 Å². The van der Waals surface area contributed by atoms with Gasteiger partial charge in [-0.1, -0.05) is 24.3 Å². The van der Waals surface area contributed by atoms with Crippen molar-refractivity contribution < 1.29 is 19.0 Å². The van der Waals surface area contributed by atoms with E-state index in [-0.39, 0.29) is 12.0 Å². The minimum atomic E-state index is -0.489. The molecule has 1 amide bonds. The topological polar surface area (TPSA) is 104 Å². The highest BCUT2D eigenvalue weighted by Gasteiger charge is 2.24. The number of fused-ring (bicyclic) bond motifs is 1. The molecule has 4 aromatic rings. The van der Waals surface area contributed by atoms with Crippen LogP contribution in [0.3, 0.4) is 0 Å². The van der Waals surface area contributed by atoms with E-state index in [0.717, 1.165) is 5.56 Å². The predicted molar refractivity (Wildman–Crippen MR) is 134 cm³/mol. The van der Waals surface area contributed by atoms with E-state index in [1.54, 1.807) is 11.0 Å². The molecule has 3 aromatic carbocycles. The number of H-pyrrole nitrogens is 1. The van der Waals surface area contributed by atoms with Crippen LogP contribution in [0.1, 0.15) is 30.5 Å². The number of halogens is 1. The minimum absolute atomic E-state index is 0.115. The fourth-order valence-corrected chi connectivity index (χ4v) is 4.18. The van der Waals surface area contributed by atoms with Gasteiger partial charge in [-0.2, -0.15) is 0 Å². The highest BCUT2D eigenvalue weighted by molar-refractivity contribution is 6.22. The molecule has 1 aliphatic heterocycles. The molecule has 0 atom stereocenters. The van der Waals surface area contributed by atoms with Crippen LogP contribution < -0.4 is 10.6 Å². The minimum Gasteiger partial charge on any atom is -0.494 e. The molecule has 0 aliphatic carbocycles. The van der Waals surface area contributed by atoms with Gasteiger partial charge in [0.1, 0.15) is 12.4 Å². The van der Waals surface area contributed by atoms with E-state index in [1.807, 2.05) is 62.4 Å². The summed E-state index contributed by atoms with van der Waals surface area (Å²) in [5.74, 6) is -0.526. The van der Waals surface area contributed by atoms with Crippen molar-refractivity contribution in [2.75, 3.05) is 18.1 Å². The smallest absolute Gasteiger partial charge is 0.414 e. The van der Waals surface area contributed by atoms with Crippen molar-refractivity contribution in [2.24, 2.45) is 10.7 Å². The Morgan fingerprint density at radius 3 is 2.46 bits per heavy atom. The molecule has 0 unspecified atom stereocenters. The van der Waals surface area contributed by atoms with E-state index in [2.05, 4.69) is 4.98 Å². The molecule has 2 heterocycles. The van der Waals surface area contributed by atoms with Crippen LogP contribution in [0.15, 0.2) is 71.7 Å². The van der Waals surface area contributed by atoms with Crippen molar-refractivity contribution in [1.29, 1.82) is 0 Å². The number of nitrogens with zero attached hydrogens (tertiary/aromatic N) is 2. The fraction of sp³-hybridized carbons (Fsp3) is 0.185. The summed E-state index contributed by atoms with van der Waals surface area (Å²) in [6.07, 6.45) is -0.383. The highest BCUT2D eigenvalue weighted by Crippen LogP contribution is 2.33. The van der Waals surface area contributed by atoms with E-state index in [9.17, 15) is 14.3 Å². The number of aliphatic imine (C=N–C) groups is 1. The van der Waals surface area contributed by atoms with Gasteiger partial charge in [0, 0.05) is 22.2 Å². The molecular weight excluding hydrogens is 447 g/mol. The monoisotopic (exact) mass is 472 g/mol. The molecule has 4 N–H and O–H groups in total. The number of hydrogen-bond donors (Lipinski definition) is 3. The maximum atomic E-state index is 13.8. The number of rotatable bonds is 5. The third-order valence-electron chi connectivity index (χ3n) is 6.04. The third kappa shape index (κ3) is 4.36. The molecule has 7 nitrogen and oxygen atoms in total. The Bertz CT molecular complexity index is 1430. The first kappa shape index (κ1) is 22.6. The molecule has 0 radical (unpaired) electrons. The Balaban J connectivity index is 1.63. The van der Waals surface area contributed by atoms with E-state index >= 15 is 0 Å². The molecule has 0 spiro atoms. The van der Waals surface area contributed by atoms with Gasteiger partial charge in [-0.05, 0) is 61.9 Å². The lowest BCUT2D eigenvalue weighted by molar-refractivity contribution is 0.181. The van der Waals surface area contributed by atoms with Gasteiger partial charge in [0.25, 0.3) is 0 Å². The van der Waals surface area contributed by atoms with E-state index in [1.165, 1.54) is 12.1 Å². The number of ether oxygens (including phenoxy) is 1. The summed E-state index contributed by atoms with van der Waals surface area (Å²) in [6, 6.07) is 19.1. The van der Waals surface area contributed by atoms with E-state index < -0.39 is 11.4 Å². The number of anilines is 1. The number of hydrogen-bond acceptors (Lipinski definition) is 5. The number of aromatic nitrogens is 1. The van der Waals surface area contributed by atoms with Crippen LogP contribution in [0, 0.1) is 5.82 Å². The summed E-state index contributed by atoms with van der Waals surface area (Å²) in [4.78, 5) is 21.2. The zero-order chi connectivity index (χ0) is 24.7. The molecule has 5 rings (SSSR count). The van der Waals surface area contributed by atoms with E-state index in [0.29, 0.717) is 52.3 Å². The molecule has 1 aliphatic rings. The SMILES string of the molecule is CC(C)(N)c1ccc(N=C(c2ccc(N3CCOC3=O)cc2)c2c(O)[nH]c3cc(F)ccc23)cc1. The number of aromatic amines is 1. The number of aromatic hydroxyl groups is 1. The maximum Gasteiger partial charge on any atom is 0.414 e. The fourth-order valence-electron chi connectivity index (χ4n) is 4.18. The molecule has 1 fully saturated rings. The van der Waals surface area contributed by atoms with Crippen LogP contribution in [0.2, 0.25) is 0 Å². The van der Waals surface area contributed by atoms with Gasteiger partial charge in [0.05, 0.1) is 29.0 Å². The number of benzene rings is 3. The first-order valence-electron chi connectivity index (χ1n) is 11.2. The van der Waals surface area contributed by atoms with Crippen molar-refractivity contribution >= 4 is 34.1 Å². The van der Waals surface area contributed by atoms with Crippen molar-refractivity contribution in [3.8, 4) is 5.88 Å². The maximum absolute atomic E-state index is 13.8. The number of nitrogens with two attached hydrogens (primary N) is 1. The Morgan fingerprint density at radius 2 is 1.83 bits per heavy atom. The molecule has 8 heteroatoms. The van der Waals surface area contributed by atoms with Crippen molar-refractivity contribution in [2.45, 2.75) is 19.4 Å². The summed E-state index contributed by atoms with van der Waals surface area (Å²) < 4.78 is 18.9. The van der Waals surface area contributed by atoms with Crippen molar-refractivity contribution in [1.82, 2.24) is 4.98 Å². The van der Waals surface area contributed by atoms with Gasteiger partial charge >= 0.3 is 6.09 Å². The molecule has 1 saturated heterocycles. The molecule has 35 heavy (non-hydrogen) atoms. The quantitative estimate of drug-likeness (QED) is 0.342.